The van der Waals surface area contributed by atoms with Gasteiger partial charge in [0.15, 0.2) is 0 Å². The van der Waals surface area contributed by atoms with Crippen LogP contribution in [0.1, 0.15) is 57.6 Å². The standard InChI is InChI=1S/C15H24O2/c1-3-5-6-9-12-17-15-11-8-7-10-13(15)14(16)4-2/h7-8,10-11,14,16H,3-6,9,12H2,1-2H3/t14-/m0/s1. The summed E-state index contributed by atoms with van der Waals surface area (Å²) in [6.07, 6.45) is 5.12. The van der Waals surface area contributed by atoms with Crippen LogP contribution in [0.2, 0.25) is 0 Å². The zero-order valence-electron chi connectivity index (χ0n) is 11.0. The second-order valence-corrected chi connectivity index (χ2v) is 4.37. The second kappa shape index (κ2) is 8.13. The molecule has 96 valence electrons. The van der Waals surface area contributed by atoms with Crippen molar-refractivity contribution in [1.82, 2.24) is 0 Å². The Labute approximate surface area is 105 Å². The van der Waals surface area contributed by atoms with Crippen LogP contribution in [0.5, 0.6) is 5.75 Å². The third-order valence-electron chi connectivity index (χ3n) is 2.92. The highest BCUT2D eigenvalue weighted by Gasteiger charge is 2.10. The molecule has 2 nitrogen and oxygen atoms in total. The molecule has 17 heavy (non-hydrogen) atoms. The summed E-state index contributed by atoms with van der Waals surface area (Å²) in [5.41, 5.74) is 0.908. The smallest absolute Gasteiger partial charge is 0.125 e. The lowest BCUT2D eigenvalue weighted by atomic mass is 10.1. The van der Waals surface area contributed by atoms with Gasteiger partial charge in [0.1, 0.15) is 5.75 Å². The fraction of sp³-hybridized carbons (Fsp3) is 0.600. The number of aliphatic hydroxyl groups excluding tert-OH is 1. The van der Waals surface area contributed by atoms with Gasteiger partial charge in [-0.3, -0.25) is 0 Å². The number of hydrogen-bond acceptors (Lipinski definition) is 2. The van der Waals surface area contributed by atoms with E-state index in [0.29, 0.717) is 0 Å². The number of aliphatic hydroxyl groups is 1. The zero-order valence-corrected chi connectivity index (χ0v) is 11.0. The minimum Gasteiger partial charge on any atom is -0.493 e. The minimum atomic E-state index is -0.415. The first-order valence-corrected chi connectivity index (χ1v) is 6.69. The van der Waals surface area contributed by atoms with Crippen molar-refractivity contribution in [3.8, 4) is 5.75 Å². The molecule has 0 aliphatic heterocycles. The normalized spacial score (nSPS) is 12.4. The molecule has 1 aromatic rings. The van der Waals surface area contributed by atoms with Gasteiger partial charge in [0, 0.05) is 5.56 Å². The minimum absolute atomic E-state index is 0.415. The maximum Gasteiger partial charge on any atom is 0.125 e. The molecule has 0 fully saturated rings. The summed E-state index contributed by atoms with van der Waals surface area (Å²) >= 11 is 0. The van der Waals surface area contributed by atoms with E-state index in [1.165, 1.54) is 19.3 Å². The van der Waals surface area contributed by atoms with E-state index < -0.39 is 6.10 Å². The molecule has 0 saturated heterocycles. The van der Waals surface area contributed by atoms with Crippen LogP contribution in [0.15, 0.2) is 24.3 Å². The monoisotopic (exact) mass is 236 g/mol. The highest BCUT2D eigenvalue weighted by molar-refractivity contribution is 5.34. The average Bonchev–Trinajstić information content (AvgIpc) is 2.38. The molecular weight excluding hydrogens is 212 g/mol. The molecule has 1 rings (SSSR count). The van der Waals surface area contributed by atoms with Gasteiger partial charge in [0.25, 0.3) is 0 Å². The summed E-state index contributed by atoms with van der Waals surface area (Å²) in [7, 11) is 0. The van der Waals surface area contributed by atoms with Crippen molar-refractivity contribution < 1.29 is 9.84 Å². The lowest BCUT2D eigenvalue weighted by Gasteiger charge is -2.14. The lowest BCUT2D eigenvalue weighted by molar-refractivity contribution is 0.167. The third-order valence-corrected chi connectivity index (χ3v) is 2.92. The molecule has 1 atom stereocenters. The fourth-order valence-electron chi connectivity index (χ4n) is 1.82. The Morgan fingerprint density at radius 3 is 2.59 bits per heavy atom. The van der Waals surface area contributed by atoms with Gasteiger partial charge >= 0.3 is 0 Å². The SMILES string of the molecule is CCCCCCOc1ccccc1[C@@H](O)CC. The summed E-state index contributed by atoms with van der Waals surface area (Å²) in [6.45, 7) is 4.92. The predicted octanol–water partition coefficient (Wildman–Crippen LogP) is 4.09. The molecule has 0 bridgehead atoms. The third kappa shape index (κ3) is 4.78. The van der Waals surface area contributed by atoms with Crippen molar-refractivity contribution >= 4 is 0 Å². The first kappa shape index (κ1) is 14.0. The predicted molar refractivity (Wildman–Crippen MR) is 71.3 cm³/mol. The summed E-state index contributed by atoms with van der Waals surface area (Å²) in [5, 5.41) is 9.87. The van der Waals surface area contributed by atoms with Crippen molar-refractivity contribution in [1.29, 1.82) is 0 Å². The van der Waals surface area contributed by atoms with Crippen molar-refractivity contribution in [2.45, 2.75) is 52.1 Å². The van der Waals surface area contributed by atoms with Crippen LogP contribution in [0.25, 0.3) is 0 Å². The first-order chi connectivity index (χ1) is 8.29. The quantitative estimate of drug-likeness (QED) is 0.689. The van der Waals surface area contributed by atoms with Crippen LogP contribution in [-0.2, 0) is 0 Å². The van der Waals surface area contributed by atoms with Crippen molar-refractivity contribution in [3.63, 3.8) is 0 Å². The molecular formula is C15H24O2. The number of unbranched alkanes of at least 4 members (excludes halogenated alkanes) is 3. The van der Waals surface area contributed by atoms with Gasteiger partial charge < -0.3 is 9.84 Å². The largest absolute Gasteiger partial charge is 0.493 e. The van der Waals surface area contributed by atoms with E-state index in [2.05, 4.69) is 6.92 Å². The van der Waals surface area contributed by atoms with E-state index in [-0.39, 0.29) is 0 Å². The van der Waals surface area contributed by atoms with Crippen LogP contribution < -0.4 is 4.74 Å². The number of benzene rings is 1. The number of para-hydroxylation sites is 1. The van der Waals surface area contributed by atoms with Gasteiger partial charge in [-0.25, -0.2) is 0 Å². The number of rotatable bonds is 8. The van der Waals surface area contributed by atoms with E-state index in [9.17, 15) is 5.11 Å². The molecule has 0 saturated carbocycles. The van der Waals surface area contributed by atoms with Crippen molar-refractivity contribution in [2.75, 3.05) is 6.61 Å². The van der Waals surface area contributed by atoms with Crippen molar-refractivity contribution in [3.05, 3.63) is 29.8 Å². The molecule has 1 N–H and O–H groups in total. The Morgan fingerprint density at radius 2 is 1.88 bits per heavy atom. The summed E-state index contributed by atoms with van der Waals surface area (Å²) in [5.74, 6) is 0.832. The number of ether oxygens (including phenoxy) is 1. The Hall–Kier alpha value is -1.02. The summed E-state index contributed by atoms with van der Waals surface area (Å²) in [6, 6.07) is 7.77. The maximum atomic E-state index is 9.87. The van der Waals surface area contributed by atoms with Crippen LogP contribution in [0, 0.1) is 0 Å². The van der Waals surface area contributed by atoms with Gasteiger partial charge in [0.2, 0.25) is 0 Å². The average molecular weight is 236 g/mol. The highest BCUT2D eigenvalue weighted by Crippen LogP contribution is 2.26. The second-order valence-electron chi connectivity index (χ2n) is 4.37. The van der Waals surface area contributed by atoms with Crippen LogP contribution >= 0.6 is 0 Å². The summed E-state index contributed by atoms with van der Waals surface area (Å²) < 4.78 is 5.75. The van der Waals surface area contributed by atoms with Crippen LogP contribution in [0.3, 0.4) is 0 Å². The molecule has 0 unspecified atom stereocenters. The molecule has 0 radical (unpaired) electrons. The van der Waals surface area contributed by atoms with Gasteiger partial charge in [0.05, 0.1) is 12.7 Å². The molecule has 0 heterocycles. The molecule has 0 aliphatic carbocycles. The van der Waals surface area contributed by atoms with Gasteiger partial charge in [-0.15, -0.1) is 0 Å². The number of hydrogen-bond donors (Lipinski definition) is 1. The Bertz CT molecular complexity index is 310. The topological polar surface area (TPSA) is 29.5 Å². The zero-order chi connectivity index (χ0) is 12.5. The van der Waals surface area contributed by atoms with E-state index in [1.807, 2.05) is 31.2 Å². The first-order valence-electron chi connectivity index (χ1n) is 6.69. The Morgan fingerprint density at radius 1 is 1.12 bits per heavy atom. The molecule has 0 aliphatic rings. The van der Waals surface area contributed by atoms with E-state index >= 15 is 0 Å². The van der Waals surface area contributed by atoms with Gasteiger partial charge in [-0.1, -0.05) is 51.3 Å². The van der Waals surface area contributed by atoms with Crippen LogP contribution in [-0.4, -0.2) is 11.7 Å². The van der Waals surface area contributed by atoms with Gasteiger partial charge in [-0.2, -0.15) is 0 Å². The summed E-state index contributed by atoms with van der Waals surface area (Å²) in [4.78, 5) is 0. The molecule has 0 aromatic heterocycles. The Balaban J connectivity index is 2.46. The van der Waals surface area contributed by atoms with Gasteiger partial charge in [-0.05, 0) is 18.9 Å². The lowest BCUT2D eigenvalue weighted by Crippen LogP contribution is -2.03. The van der Waals surface area contributed by atoms with E-state index in [4.69, 9.17) is 4.74 Å². The van der Waals surface area contributed by atoms with E-state index in [0.717, 1.165) is 30.8 Å². The Kier molecular flexibility index (Phi) is 6.71. The molecule has 2 heteroatoms. The molecule has 1 aromatic carbocycles. The molecule has 0 spiro atoms. The van der Waals surface area contributed by atoms with Crippen molar-refractivity contribution in [2.24, 2.45) is 0 Å². The van der Waals surface area contributed by atoms with E-state index in [1.54, 1.807) is 0 Å². The highest BCUT2D eigenvalue weighted by atomic mass is 16.5. The maximum absolute atomic E-state index is 9.87. The molecule has 0 amide bonds. The van der Waals surface area contributed by atoms with Crippen LogP contribution in [0.4, 0.5) is 0 Å². The fourth-order valence-corrected chi connectivity index (χ4v) is 1.82.